The summed E-state index contributed by atoms with van der Waals surface area (Å²) in [5.41, 5.74) is 0.126. The van der Waals surface area contributed by atoms with Crippen LogP contribution in [0.2, 0.25) is 0 Å². The SMILES string of the molecule is CN1CCN2C(=O)c3c(OCc4ccccc4)c(=O)c(C(=O)NCc4ccc(F)cc4F)c4n3C(CC4)C12C. The Hall–Kier alpha value is -4.05. The molecule has 4 heterocycles. The second kappa shape index (κ2) is 9.30. The van der Waals surface area contributed by atoms with Crippen LogP contribution in [0, 0.1) is 11.6 Å². The van der Waals surface area contributed by atoms with Crippen LogP contribution in [0.25, 0.3) is 0 Å². The summed E-state index contributed by atoms with van der Waals surface area (Å²) in [6.45, 7) is 3.03. The van der Waals surface area contributed by atoms with Crippen molar-refractivity contribution in [3.8, 4) is 5.75 Å². The van der Waals surface area contributed by atoms with E-state index < -0.39 is 28.6 Å². The number of pyridine rings is 1. The molecule has 1 fully saturated rings. The van der Waals surface area contributed by atoms with E-state index in [9.17, 15) is 23.2 Å². The predicted octanol–water partition coefficient (Wildman–Crippen LogP) is 3.24. The molecule has 3 aromatic rings. The number of halogens is 2. The summed E-state index contributed by atoms with van der Waals surface area (Å²) in [5, 5.41) is 2.62. The van der Waals surface area contributed by atoms with Gasteiger partial charge in [0.15, 0.2) is 11.4 Å². The summed E-state index contributed by atoms with van der Waals surface area (Å²) in [5.74, 6) is -2.68. The quantitative estimate of drug-likeness (QED) is 0.525. The number of amides is 2. The normalized spacial score (nSPS) is 21.6. The van der Waals surface area contributed by atoms with E-state index in [2.05, 4.69) is 10.2 Å². The zero-order valence-corrected chi connectivity index (χ0v) is 21.7. The van der Waals surface area contributed by atoms with E-state index in [0.29, 0.717) is 31.6 Å². The number of aromatic nitrogens is 1. The number of benzene rings is 2. The Bertz CT molecular complexity index is 1560. The van der Waals surface area contributed by atoms with Crippen molar-refractivity contribution >= 4 is 11.8 Å². The molecule has 0 aliphatic carbocycles. The van der Waals surface area contributed by atoms with Gasteiger partial charge in [-0.3, -0.25) is 19.3 Å². The molecule has 0 spiro atoms. The number of fused-ring (bicyclic) bond motifs is 2. The first kappa shape index (κ1) is 25.2. The molecule has 2 aromatic carbocycles. The third kappa shape index (κ3) is 3.84. The molecule has 3 aliphatic heterocycles. The first-order chi connectivity index (χ1) is 18.7. The van der Waals surface area contributed by atoms with Gasteiger partial charge in [-0.2, -0.15) is 0 Å². The van der Waals surface area contributed by atoms with Crippen molar-refractivity contribution in [2.75, 3.05) is 20.1 Å². The van der Waals surface area contributed by atoms with Crippen molar-refractivity contribution in [1.29, 1.82) is 0 Å². The van der Waals surface area contributed by atoms with Gasteiger partial charge in [-0.15, -0.1) is 0 Å². The summed E-state index contributed by atoms with van der Waals surface area (Å²) in [6, 6.07) is 12.2. The maximum Gasteiger partial charge on any atom is 0.276 e. The molecule has 202 valence electrons. The third-order valence-electron chi connectivity index (χ3n) is 8.40. The van der Waals surface area contributed by atoms with Crippen LogP contribution in [-0.4, -0.2) is 52.0 Å². The molecule has 39 heavy (non-hydrogen) atoms. The molecular formula is C29H28F2N4O4. The van der Waals surface area contributed by atoms with E-state index in [1.807, 2.05) is 48.9 Å². The van der Waals surface area contributed by atoms with E-state index in [1.165, 1.54) is 6.07 Å². The minimum absolute atomic E-state index is 0.0411. The number of ether oxygens (including phenoxy) is 1. The van der Waals surface area contributed by atoms with Crippen molar-refractivity contribution < 1.29 is 23.1 Å². The number of nitrogens with one attached hydrogen (secondary N) is 1. The van der Waals surface area contributed by atoms with Crippen LogP contribution in [0.15, 0.2) is 53.3 Å². The van der Waals surface area contributed by atoms with E-state index in [1.54, 1.807) is 4.90 Å². The van der Waals surface area contributed by atoms with Crippen LogP contribution >= 0.6 is 0 Å². The highest BCUT2D eigenvalue weighted by Gasteiger charge is 2.57. The molecular weight excluding hydrogens is 506 g/mol. The van der Waals surface area contributed by atoms with Gasteiger partial charge in [-0.25, -0.2) is 8.78 Å². The van der Waals surface area contributed by atoms with Crippen molar-refractivity contribution in [3.63, 3.8) is 0 Å². The van der Waals surface area contributed by atoms with Crippen LogP contribution in [0.5, 0.6) is 5.75 Å². The Morgan fingerprint density at radius 2 is 1.90 bits per heavy atom. The maximum absolute atomic E-state index is 14.2. The number of hydrogen-bond donors (Lipinski definition) is 1. The van der Waals surface area contributed by atoms with Gasteiger partial charge in [0.05, 0.1) is 6.04 Å². The first-order valence-electron chi connectivity index (χ1n) is 12.9. The Labute approximate surface area is 223 Å². The van der Waals surface area contributed by atoms with Crippen molar-refractivity contribution in [1.82, 2.24) is 19.7 Å². The largest absolute Gasteiger partial charge is 0.483 e. The molecule has 10 heteroatoms. The highest BCUT2D eigenvalue weighted by Crippen LogP contribution is 2.48. The summed E-state index contributed by atoms with van der Waals surface area (Å²) < 4.78 is 35.4. The number of carbonyl (C=O) groups is 2. The lowest BCUT2D eigenvalue weighted by atomic mass is 9.94. The Morgan fingerprint density at radius 3 is 2.64 bits per heavy atom. The minimum atomic E-state index is -0.795. The molecule has 2 amide bonds. The molecule has 1 aromatic heterocycles. The lowest BCUT2D eigenvalue weighted by molar-refractivity contribution is -0.0103. The highest BCUT2D eigenvalue weighted by atomic mass is 19.1. The van der Waals surface area contributed by atoms with Gasteiger partial charge in [0, 0.05) is 37.0 Å². The number of likely N-dealkylation sites (N-methyl/N-ethyl adjacent to an activating group) is 1. The van der Waals surface area contributed by atoms with Gasteiger partial charge in [0.1, 0.15) is 29.5 Å². The van der Waals surface area contributed by atoms with Crippen LogP contribution in [-0.2, 0) is 19.6 Å². The molecule has 6 rings (SSSR count). The Morgan fingerprint density at radius 1 is 1.13 bits per heavy atom. The molecule has 0 saturated carbocycles. The minimum Gasteiger partial charge on any atom is -0.483 e. The van der Waals surface area contributed by atoms with E-state index in [-0.39, 0.29) is 47.7 Å². The predicted molar refractivity (Wildman–Crippen MR) is 138 cm³/mol. The lowest BCUT2D eigenvalue weighted by Gasteiger charge is -2.49. The van der Waals surface area contributed by atoms with Gasteiger partial charge in [-0.05, 0) is 38.4 Å². The van der Waals surface area contributed by atoms with E-state index >= 15 is 0 Å². The number of nitrogens with zero attached hydrogens (tertiary/aromatic N) is 3. The highest BCUT2D eigenvalue weighted by molar-refractivity contribution is 6.01. The third-order valence-corrected chi connectivity index (χ3v) is 8.40. The molecule has 1 N–H and O–H groups in total. The van der Waals surface area contributed by atoms with Crippen molar-refractivity contribution in [2.45, 2.75) is 44.6 Å². The van der Waals surface area contributed by atoms with Crippen molar-refractivity contribution in [3.05, 3.63) is 98.5 Å². The number of rotatable bonds is 6. The molecule has 3 aliphatic rings. The fraction of sp³-hybridized carbons (Fsp3) is 0.345. The standard InChI is InChI=1S/C29H28F2N4O4/c1-29-22-11-10-21-23(27(37)32-15-18-8-9-19(30)14-20(18)31)25(36)26(39-16-17-6-4-3-5-7-17)24(35(21)22)28(38)34(29)13-12-33(29)2/h3-9,14,22H,10-13,15-16H2,1-2H3,(H,32,37). The zero-order chi connectivity index (χ0) is 27.5. The van der Waals surface area contributed by atoms with Gasteiger partial charge >= 0.3 is 0 Å². The summed E-state index contributed by atoms with van der Waals surface area (Å²) in [7, 11) is 1.97. The molecule has 2 atom stereocenters. The van der Waals surface area contributed by atoms with Crippen molar-refractivity contribution in [2.24, 2.45) is 0 Å². The second-order valence-electron chi connectivity index (χ2n) is 10.4. The Balaban J connectivity index is 1.45. The van der Waals surface area contributed by atoms with Gasteiger partial charge < -0.3 is 19.5 Å². The molecule has 8 nitrogen and oxygen atoms in total. The van der Waals surface area contributed by atoms with Gasteiger partial charge in [0.2, 0.25) is 5.43 Å². The van der Waals surface area contributed by atoms with E-state index in [0.717, 1.165) is 17.7 Å². The molecule has 0 radical (unpaired) electrons. The number of carbonyl (C=O) groups excluding carboxylic acids is 2. The average molecular weight is 535 g/mol. The lowest BCUT2D eigenvalue weighted by Crippen LogP contribution is -2.61. The summed E-state index contributed by atoms with van der Waals surface area (Å²) in [6.07, 6.45) is 1.05. The summed E-state index contributed by atoms with van der Waals surface area (Å²) >= 11 is 0. The van der Waals surface area contributed by atoms with Crippen LogP contribution in [0.4, 0.5) is 8.78 Å². The van der Waals surface area contributed by atoms with Crippen LogP contribution < -0.4 is 15.5 Å². The second-order valence-corrected chi connectivity index (χ2v) is 10.4. The molecule has 1 saturated heterocycles. The fourth-order valence-electron chi connectivity index (χ4n) is 6.23. The average Bonchev–Trinajstić information content (AvgIpc) is 3.48. The monoisotopic (exact) mass is 534 g/mol. The molecule has 2 unspecified atom stereocenters. The molecule has 0 bridgehead atoms. The van der Waals surface area contributed by atoms with E-state index in [4.69, 9.17) is 4.74 Å². The van der Waals surface area contributed by atoms with Crippen LogP contribution in [0.1, 0.15) is 57.1 Å². The fourth-order valence-corrected chi connectivity index (χ4v) is 6.23. The Kier molecular flexibility index (Phi) is 6.02. The zero-order valence-electron chi connectivity index (χ0n) is 21.7. The smallest absolute Gasteiger partial charge is 0.276 e. The van der Waals surface area contributed by atoms with Gasteiger partial charge in [-0.1, -0.05) is 36.4 Å². The van der Waals surface area contributed by atoms with Gasteiger partial charge in [0.25, 0.3) is 11.8 Å². The maximum atomic E-state index is 14.2. The van der Waals surface area contributed by atoms with Crippen LogP contribution in [0.3, 0.4) is 0 Å². The number of hydrogen-bond acceptors (Lipinski definition) is 5. The first-order valence-corrected chi connectivity index (χ1v) is 12.9. The summed E-state index contributed by atoms with van der Waals surface area (Å²) in [4.78, 5) is 45.2. The topological polar surface area (TPSA) is 83.9 Å².